The van der Waals surface area contributed by atoms with Crippen LogP contribution in [0.5, 0.6) is 0 Å². The molecule has 0 bridgehead atoms. The van der Waals surface area contributed by atoms with Crippen LogP contribution in [0.3, 0.4) is 0 Å². The second-order valence-corrected chi connectivity index (χ2v) is 4.42. The van der Waals surface area contributed by atoms with Crippen molar-refractivity contribution in [3.63, 3.8) is 0 Å². The summed E-state index contributed by atoms with van der Waals surface area (Å²) >= 11 is 0. The Morgan fingerprint density at radius 3 is 2.24 bits per heavy atom. The number of carbonyl (C=O) groups excluding carboxylic acids is 1. The highest BCUT2D eigenvalue weighted by Crippen LogP contribution is 2.17. The molecule has 0 spiro atoms. The molecule has 4 heteroatoms. The molecule has 1 aromatic carbocycles. The number of rotatable bonds is 2. The fraction of sp³-hybridized carbons (Fsp3) is 0.462. The van der Waals surface area contributed by atoms with Crippen molar-refractivity contribution in [3.8, 4) is 0 Å². The lowest BCUT2D eigenvalue weighted by atomic mass is 10.3. The van der Waals surface area contributed by atoms with Gasteiger partial charge in [0.2, 0.25) is 5.91 Å². The van der Waals surface area contributed by atoms with Crippen LogP contribution in [0.15, 0.2) is 30.3 Å². The smallest absolute Gasteiger partial charge is 0.238 e. The van der Waals surface area contributed by atoms with Crippen molar-refractivity contribution in [2.45, 2.75) is 6.92 Å². The first kappa shape index (κ1) is 12.1. The molecule has 1 heterocycles. The topological polar surface area (TPSA) is 26.8 Å². The number of nitrogens with zero attached hydrogens (tertiary/aromatic N) is 3. The molecule has 0 saturated carbocycles. The molecule has 0 N–H and O–H groups in total. The van der Waals surface area contributed by atoms with E-state index >= 15 is 0 Å². The molecule has 1 fully saturated rings. The lowest BCUT2D eigenvalue weighted by Crippen LogP contribution is -2.54. The summed E-state index contributed by atoms with van der Waals surface area (Å²) in [4.78, 5) is 14.1. The van der Waals surface area contributed by atoms with Gasteiger partial charge in [-0.2, -0.15) is 0 Å². The molecule has 0 aliphatic carbocycles. The van der Waals surface area contributed by atoms with Crippen LogP contribution in [0.2, 0.25) is 0 Å². The van der Waals surface area contributed by atoms with Crippen LogP contribution in [0.1, 0.15) is 6.92 Å². The molecular formula is C13H19N3O. The average Bonchev–Trinajstić information content (AvgIpc) is 2.33. The molecule has 0 unspecified atom stereocenters. The highest BCUT2D eigenvalue weighted by Gasteiger charge is 2.23. The summed E-state index contributed by atoms with van der Waals surface area (Å²) in [6.07, 6.45) is 0. The first-order chi connectivity index (χ1) is 8.18. The van der Waals surface area contributed by atoms with Crippen molar-refractivity contribution in [2.24, 2.45) is 0 Å². The van der Waals surface area contributed by atoms with Gasteiger partial charge >= 0.3 is 0 Å². The number of hydrogen-bond acceptors (Lipinski definition) is 3. The van der Waals surface area contributed by atoms with Crippen LogP contribution in [-0.4, -0.2) is 49.0 Å². The van der Waals surface area contributed by atoms with Crippen LogP contribution in [-0.2, 0) is 4.79 Å². The molecule has 17 heavy (non-hydrogen) atoms. The van der Waals surface area contributed by atoms with Crippen molar-refractivity contribution in [1.29, 1.82) is 0 Å². The normalized spacial score (nSPS) is 18.0. The van der Waals surface area contributed by atoms with E-state index in [-0.39, 0.29) is 5.91 Å². The Morgan fingerprint density at radius 2 is 1.71 bits per heavy atom. The number of hydrazine groups is 1. The summed E-state index contributed by atoms with van der Waals surface area (Å²) in [6, 6.07) is 9.83. The molecule has 1 saturated heterocycles. The summed E-state index contributed by atoms with van der Waals surface area (Å²) in [5.41, 5.74) is 0.949. The van der Waals surface area contributed by atoms with E-state index in [9.17, 15) is 4.79 Å². The SMILES string of the molecule is CC(=O)N(c1ccccc1)N1CCN(C)CC1. The average molecular weight is 233 g/mol. The minimum atomic E-state index is 0.0701. The predicted octanol–water partition coefficient (Wildman–Crippen LogP) is 1.20. The molecule has 1 aliphatic heterocycles. The third-order valence-corrected chi connectivity index (χ3v) is 3.06. The Kier molecular flexibility index (Phi) is 3.76. The Hall–Kier alpha value is -1.39. The fourth-order valence-electron chi connectivity index (χ4n) is 2.11. The zero-order valence-corrected chi connectivity index (χ0v) is 10.5. The number of para-hydroxylation sites is 1. The van der Waals surface area contributed by atoms with Crippen LogP contribution in [0.25, 0.3) is 0 Å². The quantitative estimate of drug-likeness (QED) is 0.768. The molecule has 4 nitrogen and oxygen atoms in total. The van der Waals surface area contributed by atoms with Crippen LogP contribution >= 0.6 is 0 Å². The van der Waals surface area contributed by atoms with Gasteiger partial charge in [0.1, 0.15) is 0 Å². The Morgan fingerprint density at radius 1 is 1.12 bits per heavy atom. The summed E-state index contributed by atoms with van der Waals surface area (Å²) in [5.74, 6) is 0.0701. The monoisotopic (exact) mass is 233 g/mol. The molecule has 1 aliphatic rings. The first-order valence-corrected chi connectivity index (χ1v) is 5.97. The van der Waals surface area contributed by atoms with Crippen LogP contribution in [0.4, 0.5) is 5.69 Å². The van der Waals surface area contributed by atoms with E-state index in [1.54, 1.807) is 11.9 Å². The maximum absolute atomic E-state index is 11.8. The molecule has 2 rings (SSSR count). The van der Waals surface area contributed by atoms with Gasteiger partial charge in [-0.3, -0.25) is 4.79 Å². The van der Waals surface area contributed by atoms with Gasteiger partial charge in [-0.25, -0.2) is 10.0 Å². The zero-order chi connectivity index (χ0) is 12.3. The largest absolute Gasteiger partial charge is 0.304 e. The van der Waals surface area contributed by atoms with Crippen molar-refractivity contribution in [3.05, 3.63) is 30.3 Å². The molecule has 1 amide bonds. The molecule has 0 aromatic heterocycles. The third-order valence-electron chi connectivity index (χ3n) is 3.06. The van der Waals surface area contributed by atoms with Gasteiger partial charge in [-0.1, -0.05) is 18.2 Å². The maximum atomic E-state index is 11.8. The van der Waals surface area contributed by atoms with E-state index in [4.69, 9.17) is 0 Å². The summed E-state index contributed by atoms with van der Waals surface area (Å²) in [5, 5.41) is 3.91. The van der Waals surface area contributed by atoms with E-state index in [0.29, 0.717) is 0 Å². The van der Waals surface area contributed by atoms with Crippen LogP contribution < -0.4 is 5.01 Å². The van der Waals surface area contributed by atoms with Gasteiger partial charge in [-0.15, -0.1) is 0 Å². The van der Waals surface area contributed by atoms with Crippen LogP contribution in [0, 0.1) is 0 Å². The number of anilines is 1. The van der Waals surface area contributed by atoms with E-state index in [0.717, 1.165) is 31.9 Å². The minimum Gasteiger partial charge on any atom is -0.304 e. The molecule has 0 radical (unpaired) electrons. The molecule has 0 atom stereocenters. The van der Waals surface area contributed by atoms with Crippen molar-refractivity contribution < 1.29 is 4.79 Å². The van der Waals surface area contributed by atoms with E-state index in [1.807, 2.05) is 30.3 Å². The van der Waals surface area contributed by atoms with E-state index in [2.05, 4.69) is 17.0 Å². The van der Waals surface area contributed by atoms with Gasteiger partial charge < -0.3 is 4.90 Å². The third kappa shape index (κ3) is 2.84. The summed E-state index contributed by atoms with van der Waals surface area (Å²) < 4.78 is 0. The van der Waals surface area contributed by atoms with Crippen molar-refractivity contribution in [2.75, 3.05) is 38.2 Å². The van der Waals surface area contributed by atoms with E-state index < -0.39 is 0 Å². The number of amides is 1. The zero-order valence-electron chi connectivity index (χ0n) is 10.5. The maximum Gasteiger partial charge on any atom is 0.238 e. The minimum absolute atomic E-state index is 0.0701. The molecule has 92 valence electrons. The Balaban J connectivity index is 2.16. The number of piperazine rings is 1. The first-order valence-electron chi connectivity index (χ1n) is 5.97. The fourth-order valence-corrected chi connectivity index (χ4v) is 2.11. The Bertz CT molecular complexity index is 372. The van der Waals surface area contributed by atoms with Crippen molar-refractivity contribution >= 4 is 11.6 Å². The Labute approximate surface area is 102 Å². The standard InChI is InChI=1S/C13H19N3O/c1-12(17)16(13-6-4-3-5-7-13)15-10-8-14(2)9-11-15/h3-7H,8-11H2,1-2H3. The number of carbonyl (C=O) groups is 1. The lowest BCUT2D eigenvalue weighted by Gasteiger charge is -2.39. The second kappa shape index (κ2) is 5.29. The summed E-state index contributed by atoms with van der Waals surface area (Å²) in [6.45, 7) is 5.40. The van der Waals surface area contributed by atoms with Gasteiger partial charge in [0.25, 0.3) is 0 Å². The number of hydrogen-bond donors (Lipinski definition) is 0. The van der Waals surface area contributed by atoms with Gasteiger partial charge in [0.15, 0.2) is 0 Å². The molecule has 1 aromatic rings. The van der Waals surface area contributed by atoms with Gasteiger partial charge in [-0.05, 0) is 19.2 Å². The predicted molar refractivity (Wildman–Crippen MR) is 68.7 cm³/mol. The molecular weight excluding hydrogens is 214 g/mol. The van der Waals surface area contributed by atoms with Crippen molar-refractivity contribution in [1.82, 2.24) is 9.91 Å². The summed E-state index contributed by atoms with van der Waals surface area (Å²) in [7, 11) is 2.11. The highest BCUT2D eigenvalue weighted by atomic mass is 16.2. The highest BCUT2D eigenvalue weighted by molar-refractivity contribution is 5.90. The van der Waals surface area contributed by atoms with Gasteiger partial charge in [0.05, 0.1) is 5.69 Å². The second-order valence-electron chi connectivity index (χ2n) is 4.42. The number of likely N-dealkylation sites (N-methyl/N-ethyl adjacent to an activating group) is 1. The number of benzene rings is 1. The van der Waals surface area contributed by atoms with Gasteiger partial charge in [0, 0.05) is 33.1 Å². The van der Waals surface area contributed by atoms with E-state index in [1.165, 1.54) is 0 Å². The lowest BCUT2D eigenvalue weighted by molar-refractivity contribution is -0.120.